The first-order valence-corrected chi connectivity index (χ1v) is 8.81. The first-order chi connectivity index (χ1) is 12.2. The van der Waals surface area contributed by atoms with Crippen LogP contribution in [-0.4, -0.2) is 41.3 Å². The van der Waals surface area contributed by atoms with Gasteiger partial charge in [0.1, 0.15) is 5.82 Å². The Morgan fingerprint density at radius 2 is 2.16 bits per heavy atom. The lowest BCUT2D eigenvalue weighted by molar-refractivity contribution is 0.0243. The van der Waals surface area contributed by atoms with Crippen molar-refractivity contribution in [2.24, 2.45) is 4.99 Å². The lowest BCUT2D eigenvalue weighted by atomic mass is 10.0. The molecule has 0 bridgehead atoms. The van der Waals surface area contributed by atoms with Crippen molar-refractivity contribution in [2.75, 3.05) is 20.2 Å². The van der Waals surface area contributed by atoms with Crippen LogP contribution in [0.2, 0.25) is 0 Å². The van der Waals surface area contributed by atoms with E-state index in [0.717, 1.165) is 44.3 Å². The van der Waals surface area contributed by atoms with Crippen LogP contribution in [0.1, 0.15) is 31.2 Å². The van der Waals surface area contributed by atoms with Crippen molar-refractivity contribution in [1.29, 1.82) is 0 Å². The Morgan fingerprint density at radius 3 is 2.88 bits per heavy atom. The Morgan fingerprint density at radius 1 is 1.32 bits per heavy atom. The summed E-state index contributed by atoms with van der Waals surface area (Å²) >= 11 is 0. The van der Waals surface area contributed by atoms with Gasteiger partial charge in [-0.3, -0.25) is 4.99 Å². The van der Waals surface area contributed by atoms with E-state index in [1.807, 2.05) is 18.5 Å². The van der Waals surface area contributed by atoms with Gasteiger partial charge in [0.2, 0.25) is 0 Å². The molecule has 1 atom stereocenters. The second kappa shape index (κ2) is 8.16. The van der Waals surface area contributed by atoms with Crippen LogP contribution in [-0.2, 0) is 17.8 Å². The van der Waals surface area contributed by atoms with Crippen molar-refractivity contribution in [1.82, 2.24) is 20.2 Å². The Kier molecular flexibility index (Phi) is 5.71. The molecule has 0 spiro atoms. The second-order valence-corrected chi connectivity index (χ2v) is 6.64. The molecule has 25 heavy (non-hydrogen) atoms. The molecule has 6 nitrogen and oxygen atoms in total. The molecule has 0 saturated carbocycles. The number of ether oxygens (including phenoxy) is 1. The van der Waals surface area contributed by atoms with E-state index in [-0.39, 0.29) is 5.60 Å². The molecule has 1 aromatic heterocycles. The zero-order valence-electron chi connectivity index (χ0n) is 15.0. The fraction of sp³-hybridized carbons (Fsp3) is 0.474. The molecular weight excluding hydrogens is 314 g/mol. The molecule has 1 unspecified atom stereocenters. The highest BCUT2D eigenvalue weighted by Gasteiger charge is 2.29. The number of hydrogen-bond donors (Lipinski definition) is 2. The number of rotatable bonds is 6. The van der Waals surface area contributed by atoms with E-state index in [4.69, 9.17) is 4.74 Å². The highest BCUT2D eigenvalue weighted by molar-refractivity contribution is 5.79. The topological polar surface area (TPSA) is 63.5 Å². The molecule has 2 heterocycles. The summed E-state index contributed by atoms with van der Waals surface area (Å²) in [4.78, 5) is 8.76. The van der Waals surface area contributed by atoms with E-state index in [2.05, 4.69) is 56.4 Å². The van der Waals surface area contributed by atoms with Gasteiger partial charge in [-0.15, -0.1) is 0 Å². The van der Waals surface area contributed by atoms with Gasteiger partial charge in [-0.1, -0.05) is 30.3 Å². The van der Waals surface area contributed by atoms with Gasteiger partial charge in [0.25, 0.3) is 0 Å². The second-order valence-electron chi connectivity index (χ2n) is 6.64. The molecule has 2 N–H and O–H groups in total. The van der Waals surface area contributed by atoms with E-state index in [9.17, 15) is 0 Å². The Hall–Kier alpha value is -2.34. The minimum absolute atomic E-state index is 0.0939. The molecular formula is C19H27N5O. The van der Waals surface area contributed by atoms with Gasteiger partial charge in [0.05, 0.1) is 12.1 Å². The van der Waals surface area contributed by atoms with E-state index >= 15 is 0 Å². The van der Waals surface area contributed by atoms with Gasteiger partial charge in [0, 0.05) is 39.1 Å². The molecule has 0 aliphatic carbocycles. The van der Waals surface area contributed by atoms with Gasteiger partial charge in [-0.05, 0) is 25.3 Å². The normalized spacial score (nSPS) is 20.6. The minimum atomic E-state index is -0.0939. The van der Waals surface area contributed by atoms with E-state index in [0.29, 0.717) is 6.54 Å². The van der Waals surface area contributed by atoms with Crippen molar-refractivity contribution in [3.05, 3.63) is 54.1 Å². The zero-order chi connectivity index (χ0) is 17.5. The fourth-order valence-corrected chi connectivity index (χ4v) is 3.06. The molecule has 6 heteroatoms. The summed E-state index contributed by atoms with van der Waals surface area (Å²) < 4.78 is 7.96. The maximum atomic E-state index is 5.81. The number of aromatic nitrogens is 2. The van der Waals surface area contributed by atoms with Crippen LogP contribution in [0, 0.1) is 0 Å². The SMILES string of the molecule is CN=C(NCc1nccn1Cc1ccccc1)NCC1(C)CCCO1. The Labute approximate surface area is 149 Å². The van der Waals surface area contributed by atoms with Crippen LogP contribution >= 0.6 is 0 Å². The molecule has 0 radical (unpaired) electrons. The quantitative estimate of drug-likeness (QED) is 0.624. The number of guanidine groups is 1. The van der Waals surface area contributed by atoms with Crippen molar-refractivity contribution in [3.63, 3.8) is 0 Å². The number of imidazole rings is 1. The van der Waals surface area contributed by atoms with Crippen LogP contribution < -0.4 is 10.6 Å². The molecule has 3 rings (SSSR count). The van der Waals surface area contributed by atoms with E-state index < -0.39 is 0 Å². The van der Waals surface area contributed by atoms with Gasteiger partial charge in [0.15, 0.2) is 5.96 Å². The van der Waals surface area contributed by atoms with Gasteiger partial charge < -0.3 is 19.9 Å². The average Bonchev–Trinajstić information content (AvgIpc) is 3.26. The van der Waals surface area contributed by atoms with Crippen LogP contribution in [0.4, 0.5) is 0 Å². The summed E-state index contributed by atoms with van der Waals surface area (Å²) in [7, 11) is 1.78. The Bertz CT molecular complexity index is 689. The number of nitrogens with zero attached hydrogens (tertiary/aromatic N) is 3. The van der Waals surface area contributed by atoms with Crippen molar-refractivity contribution in [3.8, 4) is 0 Å². The third kappa shape index (κ3) is 4.82. The number of benzene rings is 1. The standard InChI is InChI=1S/C19H27N5O/c1-19(9-6-12-25-19)15-23-18(20-2)22-13-17-21-10-11-24(17)14-16-7-4-3-5-8-16/h3-5,7-8,10-11H,6,9,12-15H2,1-2H3,(H2,20,22,23). The predicted molar refractivity (Wildman–Crippen MR) is 99.6 cm³/mol. The van der Waals surface area contributed by atoms with Crippen molar-refractivity contribution < 1.29 is 4.74 Å². The fourth-order valence-electron chi connectivity index (χ4n) is 3.06. The number of aliphatic imine (C=N–C) groups is 1. The van der Waals surface area contributed by atoms with Crippen LogP contribution in [0.3, 0.4) is 0 Å². The highest BCUT2D eigenvalue weighted by Crippen LogP contribution is 2.23. The molecule has 1 aliphatic rings. The highest BCUT2D eigenvalue weighted by atomic mass is 16.5. The smallest absolute Gasteiger partial charge is 0.191 e. The maximum Gasteiger partial charge on any atom is 0.191 e. The third-order valence-electron chi connectivity index (χ3n) is 4.57. The number of nitrogens with one attached hydrogen (secondary N) is 2. The van der Waals surface area contributed by atoms with Crippen molar-refractivity contribution in [2.45, 2.75) is 38.5 Å². The van der Waals surface area contributed by atoms with E-state index in [1.165, 1.54) is 5.56 Å². The lowest BCUT2D eigenvalue weighted by Crippen LogP contribution is -2.45. The molecule has 0 amide bonds. The molecule has 134 valence electrons. The first kappa shape index (κ1) is 17.5. The maximum absolute atomic E-state index is 5.81. The van der Waals surface area contributed by atoms with Gasteiger partial charge in [-0.25, -0.2) is 4.98 Å². The summed E-state index contributed by atoms with van der Waals surface area (Å²) in [6, 6.07) is 10.4. The lowest BCUT2D eigenvalue weighted by Gasteiger charge is -2.24. The van der Waals surface area contributed by atoms with Crippen LogP contribution in [0.15, 0.2) is 47.7 Å². The van der Waals surface area contributed by atoms with Gasteiger partial charge >= 0.3 is 0 Å². The zero-order valence-corrected chi connectivity index (χ0v) is 15.0. The van der Waals surface area contributed by atoms with Crippen LogP contribution in [0.5, 0.6) is 0 Å². The number of hydrogen-bond acceptors (Lipinski definition) is 3. The summed E-state index contributed by atoms with van der Waals surface area (Å²) in [5, 5.41) is 6.70. The molecule has 1 fully saturated rings. The average molecular weight is 341 g/mol. The van der Waals surface area contributed by atoms with Crippen LogP contribution in [0.25, 0.3) is 0 Å². The van der Waals surface area contributed by atoms with Crippen molar-refractivity contribution >= 4 is 5.96 Å². The largest absolute Gasteiger partial charge is 0.373 e. The van der Waals surface area contributed by atoms with Gasteiger partial charge in [-0.2, -0.15) is 0 Å². The summed E-state index contributed by atoms with van der Waals surface area (Å²) in [6.07, 6.45) is 6.05. The van der Waals surface area contributed by atoms with E-state index in [1.54, 1.807) is 7.05 Å². The molecule has 2 aromatic rings. The molecule has 1 aromatic carbocycles. The molecule has 1 saturated heterocycles. The Balaban J connectivity index is 1.53. The minimum Gasteiger partial charge on any atom is -0.373 e. The summed E-state index contributed by atoms with van der Waals surface area (Å²) in [6.45, 7) is 5.19. The predicted octanol–water partition coefficient (Wildman–Crippen LogP) is 2.17. The summed E-state index contributed by atoms with van der Waals surface area (Å²) in [5.74, 6) is 1.75. The monoisotopic (exact) mass is 341 g/mol. The first-order valence-electron chi connectivity index (χ1n) is 8.81. The third-order valence-corrected chi connectivity index (χ3v) is 4.57. The summed E-state index contributed by atoms with van der Waals surface area (Å²) in [5.41, 5.74) is 1.17. The molecule has 1 aliphatic heterocycles.